The van der Waals surface area contributed by atoms with E-state index in [1.165, 1.54) is 64.2 Å². The van der Waals surface area contributed by atoms with Crippen LogP contribution in [0.5, 0.6) is 0 Å². The second kappa shape index (κ2) is 52.2. The number of carbonyl (C=O) groups is 2. The van der Waals surface area contributed by atoms with E-state index in [1.54, 1.807) is 0 Å². The van der Waals surface area contributed by atoms with E-state index < -0.39 is 18.2 Å². The molecule has 0 aliphatic heterocycles. The van der Waals surface area contributed by atoms with Gasteiger partial charge in [-0.2, -0.15) is 0 Å². The lowest BCUT2D eigenvalue weighted by atomic mass is 10.0. The van der Waals surface area contributed by atoms with Gasteiger partial charge in [0.15, 0.2) is 0 Å². The molecule has 3 atom stereocenters. The average molecular weight is 914 g/mol. The molecule has 0 radical (unpaired) electrons. The third kappa shape index (κ3) is 46.8. The summed E-state index contributed by atoms with van der Waals surface area (Å²) in [5, 5.41) is 23.8. The summed E-state index contributed by atoms with van der Waals surface area (Å²) < 4.78 is 5.86. The molecular weight excluding hydrogens is 815 g/mol. The Labute approximate surface area is 406 Å². The minimum Gasteiger partial charge on any atom is -0.461 e. The molecule has 0 spiro atoms. The van der Waals surface area contributed by atoms with Gasteiger partial charge < -0.3 is 20.3 Å². The van der Waals surface area contributed by atoms with E-state index >= 15 is 0 Å². The van der Waals surface area contributed by atoms with Gasteiger partial charge in [-0.25, -0.2) is 0 Å². The van der Waals surface area contributed by atoms with Gasteiger partial charge in [-0.3, -0.25) is 9.59 Å². The minimum atomic E-state index is -0.826. The van der Waals surface area contributed by atoms with Gasteiger partial charge in [0.05, 0.1) is 25.2 Å². The Morgan fingerprint density at radius 3 is 1.27 bits per heavy atom. The van der Waals surface area contributed by atoms with E-state index in [2.05, 4.69) is 135 Å². The molecule has 6 nitrogen and oxygen atoms in total. The highest BCUT2D eigenvalue weighted by Gasteiger charge is 2.23. The van der Waals surface area contributed by atoms with Crippen molar-refractivity contribution in [2.45, 2.75) is 238 Å². The van der Waals surface area contributed by atoms with Crippen molar-refractivity contribution in [2.24, 2.45) is 0 Å². The maximum absolute atomic E-state index is 13.2. The number of aliphatic hydroxyl groups excluding tert-OH is 2. The van der Waals surface area contributed by atoms with Crippen molar-refractivity contribution in [1.82, 2.24) is 5.32 Å². The van der Waals surface area contributed by atoms with E-state index in [0.717, 1.165) is 109 Å². The highest BCUT2D eigenvalue weighted by atomic mass is 16.5. The first-order valence-electron chi connectivity index (χ1n) is 26.8. The number of ether oxygens (including phenoxy) is 1. The van der Waals surface area contributed by atoms with Crippen LogP contribution in [-0.4, -0.2) is 46.9 Å². The predicted molar refractivity (Wildman–Crippen MR) is 286 cm³/mol. The first-order valence-corrected chi connectivity index (χ1v) is 26.8. The number of carbonyl (C=O) groups excluding carboxylic acids is 2. The van der Waals surface area contributed by atoms with Crippen molar-refractivity contribution in [3.63, 3.8) is 0 Å². The van der Waals surface area contributed by atoms with Crippen LogP contribution in [0.3, 0.4) is 0 Å². The summed E-state index contributed by atoms with van der Waals surface area (Å²) in [4.78, 5) is 26.2. The lowest BCUT2D eigenvalue weighted by Gasteiger charge is -2.24. The number of allylic oxidation sites excluding steroid dienone is 19. The van der Waals surface area contributed by atoms with Gasteiger partial charge in [0.2, 0.25) is 5.91 Å². The van der Waals surface area contributed by atoms with Gasteiger partial charge in [-0.15, -0.1) is 0 Å². The minimum absolute atomic E-state index is 0.0217. The molecule has 0 aromatic heterocycles. The van der Waals surface area contributed by atoms with Crippen LogP contribution in [0.4, 0.5) is 0 Å². The van der Waals surface area contributed by atoms with E-state index in [9.17, 15) is 19.8 Å². The molecule has 3 N–H and O–H groups in total. The van der Waals surface area contributed by atoms with Gasteiger partial charge in [-0.05, 0) is 89.9 Å². The fraction of sp³-hybridized carbons (Fsp3) is 0.633. The molecule has 0 saturated carbocycles. The molecule has 3 unspecified atom stereocenters. The molecule has 0 fully saturated rings. The van der Waals surface area contributed by atoms with Crippen LogP contribution in [0.25, 0.3) is 0 Å². The van der Waals surface area contributed by atoms with E-state index in [1.807, 2.05) is 12.2 Å². The number of hydrogen-bond acceptors (Lipinski definition) is 5. The molecule has 66 heavy (non-hydrogen) atoms. The zero-order valence-corrected chi connectivity index (χ0v) is 42.5. The fourth-order valence-electron chi connectivity index (χ4n) is 7.30. The summed E-state index contributed by atoms with van der Waals surface area (Å²) in [5.74, 6) is -0.628. The van der Waals surface area contributed by atoms with Gasteiger partial charge in [0, 0.05) is 12.8 Å². The maximum atomic E-state index is 13.2. The van der Waals surface area contributed by atoms with Crippen LogP contribution in [0.1, 0.15) is 220 Å². The zero-order valence-electron chi connectivity index (χ0n) is 42.5. The van der Waals surface area contributed by atoms with Gasteiger partial charge in [0.1, 0.15) is 6.10 Å². The largest absolute Gasteiger partial charge is 0.461 e. The highest BCUT2D eigenvalue weighted by molar-refractivity contribution is 5.77. The molecule has 0 aliphatic rings. The predicted octanol–water partition coefficient (Wildman–Crippen LogP) is 16.5. The maximum Gasteiger partial charge on any atom is 0.306 e. The van der Waals surface area contributed by atoms with E-state index in [-0.39, 0.29) is 24.9 Å². The third-order valence-corrected chi connectivity index (χ3v) is 11.3. The average Bonchev–Trinajstić information content (AvgIpc) is 3.31. The van der Waals surface area contributed by atoms with E-state index in [0.29, 0.717) is 19.3 Å². The second-order valence-corrected chi connectivity index (χ2v) is 17.5. The molecule has 0 aromatic carbocycles. The van der Waals surface area contributed by atoms with Crippen LogP contribution in [0.2, 0.25) is 0 Å². The Bertz CT molecular complexity index is 1390. The molecule has 0 heterocycles. The Balaban J connectivity index is 4.78. The van der Waals surface area contributed by atoms with Crippen LogP contribution < -0.4 is 5.32 Å². The summed E-state index contributed by atoms with van der Waals surface area (Å²) in [6, 6.07) is -0.747. The fourth-order valence-corrected chi connectivity index (χ4v) is 7.30. The number of rotatable bonds is 46. The number of amides is 1. The lowest BCUT2D eigenvalue weighted by Crippen LogP contribution is -2.46. The molecule has 0 bridgehead atoms. The third-order valence-electron chi connectivity index (χ3n) is 11.3. The first-order chi connectivity index (χ1) is 32.5. The van der Waals surface area contributed by atoms with E-state index in [4.69, 9.17) is 4.74 Å². The standard InChI is InChI=1S/C60H99NO5/c1-4-7-10-13-16-19-22-25-27-28-29-30-32-35-38-41-44-47-50-53-60(65)66-56(51-48-45-42-39-36-34-31-26-23-20-17-14-11-8-5-2)54-59(64)61-57(55-62)58(63)52-49-46-43-40-37-33-24-21-18-15-12-9-6-3/h7-8,10-11,16-17,19-20,25-27,29-31,35-36,38-39,45,48,56-58,62-63H,4-6,9,12-15,18,21-24,28,32-34,37,40-44,46-47,49-55H2,1-3H3,(H,61,64)/b10-7-,11-8-,19-16-,20-17-,27-25-,30-29-,31-26-,38-35-,39-36-,48-45-. The van der Waals surface area contributed by atoms with Crippen LogP contribution >= 0.6 is 0 Å². The quantitative estimate of drug-likeness (QED) is 0.0321. The van der Waals surface area contributed by atoms with Crippen LogP contribution in [-0.2, 0) is 14.3 Å². The summed E-state index contributed by atoms with van der Waals surface area (Å²) in [6.45, 7) is 6.21. The molecule has 1 amide bonds. The van der Waals surface area contributed by atoms with Crippen molar-refractivity contribution < 1.29 is 24.5 Å². The summed E-state index contributed by atoms with van der Waals surface area (Å²) in [6.07, 6.45) is 72.7. The molecular formula is C60H99NO5. The van der Waals surface area contributed by atoms with Crippen molar-refractivity contribution in [3.8, 4) is 0 Å². The number of hydrogen-bond donors (Lipinski definition) is 3. The summed E-state index contributed by atoms with van der Waals surface area (Å²) in [7, 11) is 0. The first kappa shape index (κ1) is 62.3. The molecule has 0 saturated heterocycles. The van der Waals surface area contributed by atoms with Gasteiger partial charge in [0.25, 0.3) is 0 Å². The monoisotopic (exact) mass is 914 g/mol. The zero-order chi connectivity index (χ0) is 48.1. The summed E-state index contributed by atoms with van der Waals surface area (Å²) in [5.41, 5.74) is 0. The Morgan fingerprint density at radius 2 is 0.848 bits per heavy atom. The van der Waals surface area contributed by atoms with Crippen molar-refractivity contribution >= 4 is 11.9 Å². The number of esters is 1. The van der Waals surface area contributed by atoms with Crippen molar-refractivity contribution in [1.29, 1.82) is 0 Å². The SMILES string of the molecule is CC/C=C\C/C=C\C/C=C\C/C=C\C/C=C\CCCCCC(=O)OC(C/C=C\C/C=C\C/C=C\C/C=C\C/C=C\CC)CC(=O)NC(CO)C(O)CCCCCCCCCCCCCCC. The van der Waals surface area contributed by atoms with Gasteiger partial charge >= 0.3 is 5.97 Å². The number of unbranched alkanes of at least 4 members (excludes halogenated alkanes) is 15. The second-order valence-electron chi connectivity index (χ2n) is 17.5. The molecule has 0 aliphatic carbocycles. The topological polar surface area (TPSA) is 95.9 Å². The Kier molecular flexibility index (Phi) is 49.3. The molecule has 6 heteroatoms. The van der Waals surface area contributed by atoms with Gasteiger partial charge in [-0.1, -0.05) is 232 Å². The van der Waals surface area contributed by atoms with Crippen molar-refractivity contribution in [2.75, 3.05) is 6.61 Å². The molecule has 0 rings (SSSR count). The van der Waals surface area contributed by atoms with Crippen molar-refractivity contribution in [3.05, 3.63) is 122 Å². The Hall–Kier alpha value is -3.74. The van der Waals surface area contributed by atoms with Crippen LogP contribution in [0.15, 0.2) is 122 Å². The number of aliphatic hydroxyl groups is 2. The summed E-state index contributed by atoms with van der Waals surface area (Å²) >= 11 is 0. The Morgan fingerprint density at radius 1 is 0.470 bits per heavy atom. The lowest BCUT2D eigenvalue weighted by molar-refractivity contribution is -0.150. The number of nitrogens with one attached hydrogen (secondary N) is 1. The smallest absolute Gasteiger partial charge is 0.306 e. The normalized spacial score (nSPS) is 14.2. The molecule has 0 aromatic rings. The molecule has 374 valence electrons. The highest BCUT2D eigenvalue weighted by Crippen LogP contribution is 2.16. The van der Waals surface area contributed by atoms with Crippen LogP contribution in [0, 0.1) is 0 Å².